The molecule has 0 aromatic carbocycles. The van der Waals surface area contributed by atoms with E-state index in [1.807, 2.05) is 0 Å². The Labute approximate surface area is 106 Å². The second kappa shape index (κ2) is 5.74. The van der Waals surface area contributed by atoms with E-state index in [1.165, 1.54) is 0 Å². The predicted molar refractivity (Wildman–Crippen MR) is 58.9 cm³/mol. The number of esters is 1. The van der Waals surface area contributed by atoms with Gasteiger partial charge in [-0.3, -0.25) is 4.79 Å². The molecule has 0 radical (unpaired) electrons. The van der Waals surface area contributed by atoms with Crippen LogP contribution in [0.5, 0.6) is 5.88 Å². The Bertz CT molecular complexity index is 477. The van der Waals surface area contributed by atoms with E-state index in [0.717, 1.165) is 13.2 Å². The normalized spacial score (nSPS) is 11.2. The van der Waals surface area contributed by atoms with Gasteiger partial charge < -0.3 is 20.9 Å². The highest BCUT2D eigenvalue weighted by atomic mass is 19.4. The van der Waals surface area contributed by atoms with Gasteiger partial charge in [-0.25, -0.2) is 4.98 Å². The first-order valence-corrected chi connectivity index (χ1v) is 5.07. The molecule has 0 amide bonds. The van der Waals surface area contributed by atoms with Crippen LogP contribution in [0.1, 0.15) is 11.3 Å². The fourth-order valence-electron chi connectivity index (χ4n) is 1.31. The Kier molecular flexibility index (Phi) is 4.54. The van der Waals surface area contributed by atoms with Crippen molar-refractivity contribution in [2.24, 2.45) is 5.73 Å². The summed E-state index contributed by atoms with van der Waals surface area (Å²) >= 11 is 0. The molecule has 1 aromatic rings. The number of anilines is 1. The average Bonchev–Trinajstić information content (AvgIpc) is 2.30. The number of nitrogens with zero attached hydrogens (tertiary/aromatic N) is 1. The van der Waals surface area contributed by atoms with Crippen molar-refractivity contribution in [3.63, 3.8) is 0 Å². The van der Waals surface area contributed by atoms with Gasteiger partial charge in [0.15, 0.2) is 0 Å². The van der Waals surface area contributed by atoms with Crippen LogP contribution < -0.4 is 16.2 Å². The Morgan fingerprint density at radius 3 is 2.58 bits per heavy atom. The second-order valence-electron chi connectivity index (χ2n) is 3.49. The summed E-state index contributed by atoms with van der Waals surface area (Å²) in [5.74, 6) is -1.50. The summed E-state index contributed by atoms with van der Waals surface area (Å²) in [5.41, 5.74) is 10.8. The molecule has 0 saturated carbocycles. The number of aromatic nitrogens is 1. The van der Waals surface area contributed by atoms with Crippen molar-refractivity contribution in [1.29, 1.82) is 0 Å². The number of ether oxygens (including phenoxy) is 2. The van der Waals surface area contributed by atoms with Crippen LogP contribution in [0.4, 0.5) is 18.9 Å². The molecule has 0 aliphatic rings. The maximum Gasteiger partial charge on any atom is 0.574 e. The van der Waals surface area contributed by atoms with Gasteiger partial charge in [0.25, 0.3) is 0 Å². The molecule has 4 N–H and O–H groups in total. The summed E-state index contributed by atoms with van der Waals surface area (Å²) in [7, 11) is 1.11. The fraction of sp³-hybridized carbons (Fsp3) is 0.400. The summed E-state index contributed by atoms with van der Waals surface area (Å²) in [6.07, 6.45) is -5.37. The molecule has 1 heterocycles. The second-order valence-corrected chi connectivity index (χ2v) is 3.49. The number of hydrogen-bond donors (Lipinski definition) is 2. The molecular formula is C10H12F3N3O3. The monoisotopic (exact) mass is 279 g/mol. The standard InChI is InChI=1S/C10H12F3N3O3/c1-18-8(17)3-5-2-6(15)7(4-14)16-9(5)19-10(11,12)13/h2H,3-4,14-15H2,1H3. The van der Waals surface area contributed by atoms with Crippen LogP contribution in [0.2, 0.25) is 0 Å². The van der Waals surface area contributed by atoms with Crippen LogP contribution in [0, 0.1) is 0 Å². The average molecular weight is 279 g/mol. The summed E-state index contributed by atoms with van der Waals surface area (Å²) < 4.78 is 44.8. The van der Waals surface area contributed by atoms with E-state index in [1.54, 1.807) is 0 Å². The number of carbonyl (C=O) groups is 1. The van der Waals surface area contributed by atoms with Gasteiger partial charge in [-0.15, -0.1) is 13.2 Å². The Morgan fingerprint density at radius 1 is 1.47 bits per heavy atom. The molecule has 19 heavy (non-hydrogen) atoms. The topological polar surface area (TPSA) is 100 Å². The van der Waals surface area contributed by atoms with Crippen molar-refractivity contribution >= 4 is 11.7 Å². The van der Waals surface area contributed by atoms with Crippen LogP contribution in [0.15, 0.2) is 6.07 Å². The van der Waals surface area contributed by atoms with Gasteiger partial charge in [-0.05, 0) is 6.07 Å². The fourth-order valence-corrected chi connectivity index (χ4v) is 1.31. The van der Waals surface area contributed by atoms with E-state index >= 15 is 0 Å². The van der Waals surface area contributed by atoms with Crippen LogP contribution >= 0.6 is 0 Å². The van der Waals surface area contributed by atoms with Crippen LogP contribution in [0.25, 0.3) is 0 Å². The van der Waals surface area contributed by atoms with Crippen molar-refractivity contribution in [3.05, 3.63) is 17.3 Å². The molecule has 106 valence electrons. The quantitative estimate of drug-likeness (QED) is 0.788. The molecule has 1 rings (SSSR count). The first kappa shape index (κ1) is 15.0. The molecule has 6 nitrogen and oxygen atoms in total. The highest BCUT2D eigenvalue weighted by Crippen LogP contribution is 2.27. The highest BCUT2D eigenvalue weighted by Gasteiger charge is 2.33. The molecule has 0 atom stereocenters. The molecule has 0 saturated heterocycles. The van der Waals surface area contributed by atoms with E-state index in [2.05, 4.69) is 14.5 Å². The summed E-state index contributed by atoms with van der Waals surface area (Å²) in [5, 5.41) is 0. The molecule has 0 aliphatic carbocycles. The Balaban J connectivity index is 3.18. The molecule has 0 unspecified atom stereocenters. The zero-order valence-corrected chi connectivity index (χ0v) is 9.95. The lowest BCUT2D eigenvalue weighted by atomic mass is 10.1. The smallest absolute Gasteiger partial charge is 0.469 e. The number of halogens is 3. The lowest BCUT2D eigenvalue weighted by molar-refractivity contribution is -0.276. The number of nitrogen functional groups attached to an aromatic ring is 1. The van der Waals surface area contributed by atoms with E-state index in [-0.39, 0.29) is 23.5 Å². The van der Waals surface area contributed by atoms with Gasteiger partial charge in [0.2, 0.25) is 5.88 Å². The molecule has 1 aromatic heterocycles. The third-order valence-electron chi connectivity index (χ3n) is 2.14. The van der Waals surface area contributed by atoms with Gasteiger partial charge >= 0.3 is 12.3 Å². The lowest BCUT2D eigenvalue weighted by Gasteiger charge is -2.14. The first-order valence-electron chi connectivity index (χ1n) is 5.07. The molecule has 0 spiro atoms. The van der Waals surface area contributed by atoms with Crippen molar-refractivity contribution < 1.29 is 27.4 Å². The Hall–Kier alpha value is -2.03. The van der Waals surface area contributed by atoms with Crippen LogP contribution in [-0.4, -0.2) is 24.4 Å². The summed E-state index contributed by atoms with van der Waals surface area (Å²) in [6, 6.07) is 1.16. The minimum absolute atomic E-state index is 0.0489. The zero-order chi connectivity index (χ0) is 14.6. The van der Waals surface area contributed by atoms with Gasteiger partial charge in [-0.1, -0.05) is 0 Å². The molecule has 9 heteroatoms. The maximum absolute atomic E-state index is 12.2. The van der Waals surface area contributed by atoms with Crippen LogP contribution in [0.3, 0.4) is 0 Å². The van der Waals surface area contributed by atoms with E-state index < -0.39 is 24.6 Å². The van der Waals surface area contributed by atoms with Crippen molar-refractivity contribution in [3.8, 4) is 5.88 Å². The van der Waals surface area contributed by atoms with E-state index in [0.29, 0.717) is 0 Å². The van der Waals surface area contributed by atoms with E-state index in [4.69, 9.17) is 11.5 Å². The van der Waals surface area contributed by atoms with Crippen LogP contribution in [-0.2, 0) is 22.5 Å². The minimum Gasteiger partial charge on any atom is -0.469 e. The summed E-state index contributed by atoms with van der Waals surface area (Å²) in [6.45, 7) is -0.154. The zero-order valence-electron chi connectivity index (χ0n) is 9.95. The Morgan fingerprint density at radius 2 is 2.11 bits per heavy atom. The van der Waals surface area contributed by atoms with Gasteiger partial charge in [0.05, 0.1) is 24.9 Å². The number of alkyl halides is 3. The molecule has 0 aliphatic heterocycles. The highest BCUT2D eigenvalue weighted by molar-refractivity contribution is 5.73. The van der Waals surface area contributed by atoms with Gasteiger partial charge in [0.1, 0.15) is 0 Å². The number of carbonyl (C=O) groups excluding carboxylic acids is 1. The van der Waals surface area contributed by atoms with E-state index in [9.17, 15) is 18.0 Å². The lowest BCUT2D eigenvalue weighted by Crippen LogP contribution is -2.21. The third kappa shape index (κ3) is 4.28. The number of hydrogen-bond acceptors (Lipinski definition) is 6. The predicted octanol–water partition coefficient (Wildman–Crippen LogP) is 0.737. The first-order chi connectivity index (χ1) is 8.76. The summed E-state index contributed by atoms with van der Waals surface area (Å²) in [4.78, 5) is 14.7. The van der Waals surface area contributed by atoms with Crippen molar-refractivity contribution in [2.45, 2.75) is 19.3 Å². The minimum atomic E-state index is -4.93. The molecular weight excluding hydrogens is 267 g/mol. The molecule has 0 fully saturated rings. The third-order valence-corrected chi connectivity index (χ3v) is 2.14. The number of nitrogens with two attached hydrogens (primary N) is 2. The van der Waals surface area contributed by atoms with Crippen molar-refractivity contribution in [2.75, 3.05) is 12.8 Å². The number of methoxy groups -OCH3 is 1. The number of pyridine rings is 1. The van der Waals surface area contributed by atoms with Gasteiger partial charge in [0, 0.05) is 12.1 Å². The largest absolute Gasteiger partial charge is 0.574 e. The SMILES string of the molecule is COC(=O)Cc1cc(N)c(CN)nc1OC(F)(F)F. The maximum atomic E-state index is 12.2. The molecule has 0 bridgehead atoms. The number of rotatable bonds is 4. The van der Waals surface area contributed by atoms with Gasteiger partial charge in [-0.2, -0.15) is 0 Å². The van der Waals surface area contributed by atoms with Crippen molar-refractivity contribution in [1.82, 2.24) is 4.98 Å².